The molecule has 1 heterocycles. The highest BCUT2D eigenvalue weighted by molar-refractivity contribution is 5.76. The second-order valence-electron chi connectivity index (χ2n) is 3.52. The van der Waals surface area contributed by atoms with Crippen molar-refractivity contribution < 1.29 is 4.79 Å². The molecule has 0 radical (unpaired) electrons. The van der Waals surface area contributed by atoms with Crippen LogP contribution in [0.1, 0.15) is 25.5 Å². The van der Waals surface area contributed by atoms with Crippen molar-refractivity contribution in [3.63, 3.8) is 0 Å². The first-order valence-corrected chi connectivity index (χ1v) is 5.52. The Labute approximate surface area is 95.7 Å². The van der Waals surface area contributed by atoms with Crippen molar-refractivity contribution in [2.75, 3.05) is 18.4 Å². The van der Waals surface area contributed by atoms with Gasteiger partial charge < -0.3 is 10.6 Å². The van der Waals surface area contributed by atoms with E-state index in [-0.39, 0.29) is 5.91 Å². The molecule has 2 N–H and O–H groups in total. The summed E-state index contributed by atoms with van der Waals surface area (Å²) in [6.45, 7) is 5.23. The predicted octanol–water partition coefficient (Wildman–Crippen LogP) is 1.11. The molecular formula is C11H18N4O. The van der Waals surface area contributed by atoms with Crippen LogP contribution < -0.4 is 10.6 Å². The number of carbonyl (C=O) groups excluding carboxylic acids is 1. The van der Waals surface area contributed by atoms with Crippen molar-refractivity contribution in [3.05, 3.63) is 18.1 Å². The SMILES string of the molecule is CCCNC(=O)CCNc1nccnc1C. The predicted molar refractivity (Wildman–Crippen MR) is 63.2 cm³/mol. The van der Waals surface area contributed by atoms with E-state index in [2.05, 4.69) is 20.6 Å². The van der Waals surface area contributed by atoms with E-state index in [9.17, 15) is 4.79 Å². The van der Waals surface area contributed by atoms with Crippen molar-refractivity contribution in [3.8, 4) is 0 Å². The molecule has 0 saturated heterocycles. The molecule has 5 nitrogen and oxygen atoms in total. The van der Waals surface area contributed by atoms with Crippen LogP contribution in [-0.4, -0.2) is 29.0 Å². The van der Waals surface area contributed by atoms with Gasteiger partial charge in [-0.1, -0.05) is 6.92 Å². The van der Waals surface area contributed by atoms with E-state index in [4.69, 9.17) is 0 Å². The van der Waals surface area contributed by atoms with Crippen LogP contribution in [0.15, 0.2) is 12.4 Å². The van der Waals surface area contributed by atoms with Crippen LogP contribution >= 0.6 is 0 Å². The molecule has 1 amide bonds. The highest BCUT2D eigenvalue weighted by Gasteiger charge is 2.01. The Morgan fingerprint density at radius 2 is 2.06 bits per heavy atom. The zero-order valence-electron chi connectivity index (χ0n) is 9.79. The Hall–Kier alpha value is -1.65. The first-order valence-electron chi connectivity index (χ1n) is 5.52. The molecule has 0 aliphatic rings. The standard InChI is InChI=1S/C11H18N4O/c1-3-5-13-10(16)4-6-14-11-9(2)12-7-8-15-11/h7-8H,3-6H2,1-2H3,(H,13,16)(H,14,15). The molecular weight excluding hydrogens is 204 g/mol. The van der Waals surface area contributed by atoms with Gasteiger partial charge in [0.1, 0.15) is 5.82 Å². The van der Waals surface area contributed by atoms with Gasteiger partial charge >= 0.3 is 0 Å². The fourth-order valence-corrected chi connectivity index (χ4v) is 1.23. The largest absolute Gasteiger partial charge is 0.368 e. The Morgan fingerprint density at radius 3 is 2.75 bits per heavy atom. The maximum atomic E-state index is 11.3. The number of hydrogen-bond donors (Lipinski definition) is 2. The maximum absolute atomic E-state index is 11.3. The third kappa shape index (κ3) is 4.25. The van der Waals surface area contributed by atoms with Crippen LogP contribution in [0.2, 0.25) is 0 Å². The van der Waals surface area contributed by atoms with Crippen LogP contribution in [0.3, 0.4) is 0 Å². The molecule has 0 fully saturated rings. The van der Waals surface area contributed by atoms with Gasteiger partial charge in [0.25, 0.3) is 0 Å². The summed E-state index contributed by atoms with van der Waals surface area (Å²) in [6, 6.07) is 0. The summed E-state index contributed by atoms with van der Waals surface area (Å²) in [5, 5.41) is 5.90. The number of aryl methyl sites for hydroxylation is 1. The Balaban J connectivity index is 2.25. The smallest absolute Gasteiger partial charge is 0.221 e. The number of nitrogens with zero attached hydrogens (tertiary/aromatic N) is 2. The van der Waals surface area contributed by atoms with Crippen molar-refractivity contribution in [1.29, 1.82) is 0 Å². The van der Waals surface area contributed by atoms with Gasteiger partial charge in [-0.25, -0.2) is 4.98 Å². The minimum atomic E-state index is 0.0656. The number of aromatic nitrogens is 2. The number of amides is 1. The summed E-state index contributed by atoms with van der Waals surface area (Å²) in [5.74, 6) is 0.807. The lowest BCUT2D eigenvalue weighted by Gasteiger charge is -2.07. The molecule has 0 unspecified atom stereocenters. The van der Waals surface area contributed by atoms with Crippen LogP contribution in [0.5, 0.6) is 0 Å². The number of anilines is 1. The zero-order valence-corrected chi connectivity index (χ0v) is 9.79. The minimum Gasteiger partial charge on any atom is -0.368 e. The average Bonchev–Trinajstić information content (AvgIpc) is 2.29. The number of nitrogens with one attached hydrogen (secondary N) is 2. The van der Waals surface area contributed by atoms with Gasteiger partial charge in [-0.05, 0) is 13.3 Å². The van der Waals surface area contributed by atoms with Crippen molar-refractivity contribution in [2.45, 2.75) is 26.7 Å². The van der Waals surface area contributed by atoms with Gasteiger partial charge in [0.05, 0.1) is 5.69 Å². The van der Waals surface area contributed by atoms with E-state index in [1.807, 2.05) is 13.8 Å². The van der Waals surface area contributed by atoms with Crippen molar-refractivity contribution in [1.82, 2.24) is 15.3 Å². The highest BCUT2D eigenvalue weighted by Crippen LogP contribution is 2.05. The molecule has 16 heavy (non-hydrogen) atoms. The summed E-state index contributed by atoms with van der Waals surface area (Å²) in [7, 11) is 0. The van der Waals surface area contributed by atoms with E-state index >= 15 is 0 Å². The third-order valence-corrected chi connectivity index (χ3v) is 2.10. The lowest BCUT2D eigenvalue weighted by molar-refractivity contribution is -0.120. The van der Waals surface area contributed by atoms with Gasteiger partial charge in [-0.2, -0.15) is 0 Å². The lowest BCUT2D eigenvalue weighted by Crippen LogP contribution is -2.26. The summed E-state index contributed by atoms with van der Waals surface area (Å²) in [5.41, 5.74) is 0.844. The van der Waals surface area contributed by atoms with E-state index in [1.165, 1.54) is 0 Å². The van der Waals surface area contributed by atoms with E-state index in [0.29, 0.717) is 13.0 Å². The van der Waals surface area contributed by atoms with Crippen molar-refractivity contribution in [2.24, 2.45) is 0 Å². The van der Waals surface area contributed by atoms with E-state index < -0.39 is 0 Å². The zero-order chi connectivity index (χ0) is 11.8. The Bertz CT molecular complexity index is 341. The molecule has 88 valence electrons. The second kappa shape index (κ2) is 6.76. The molecule has 0 saturated carbocycles. The fourth-order valence-electron chi connectivity index (χ4n) is 1.23. The summed E-state index contributed by atoms with van der Waals surface area (Å²) >= 11 is 0. The van der Waals surface area contributed by atoms with Gasteiger partial charge in [0.2, 0.25) is 5.91 Å². The van der Waals surface area contributed by atoms with E-state index in [0.717, 1.165) is 24.5 Å². The van der Waals surface area contributed by atoms with Gasteiger partial charge in [0.15, 0.2) is 0 Å². The lowest BCUT2D eigenvalue weighted by atomic mass is 10.3. The monoisotopic (exact) mass is 222 g/mol. The molecule has 0 aliphatic carbocycles. The minimum absolute atomic E-state index is 0.0656. The first kappa shape index (κ1) is 12.4. The molecule has 1 aromatic heterocycles. The maximum Gasteiger partial charge on any atom is 0.221 e. The summed E-state index contributed by atoms with van der Waals surface area (Å²) < 4.78 is 0. The van der Waals surface area contributed by atoms with Gasteiger partial charge in [0, 0.05) is 31.9 Å². The Kier molecular flexibility index (Phi) is 5.25. The molecule has 5 heteroatoms. The molecule has 0 aromatic carbocycles. The van der Waals surface area contributed by atoms with Crippen molar-refractivity contribution >= 4 is 11.7 Å². The normalized spacial score (nSPS) is 9.88. The summed E-state index contributed by atoms with van der Waals surface area (Å²) in [6.07, 6.45) is 4.69. The number of carbonyl (C=O) groups is 1. The quantitative estimate of drug-likeness (QED) is 0.756. The first-order chi connectivity index (χ1) is 7.74. The molecule has 0 bridgehead atoms. The van der Waals surface area contributed by atoms with Crippen LogP contribution in [0.4, 0.5) is 5.82 Å². The molecule has 1 rings (SSSR count). The number of hydrogen-bond acceptors (Lipinski definition) is 4. The van der Waals surface area contributed by atoms with Gasteiger partial charge in [-0.15, -0.1) is 0 Å². The second-order valence-corrected chi connectivity index (χ2v) is 3.52. The van der Waals surface area contributed by atoms with Crippen LogP contribution in [0.25, 0.3) is 0 Å². The highest BCUT2D eigenvalue weighted by atomic mass is 16.1. The number of rotatable bonds is 6. The third-order valence-electron chi connectivity index (χ3n) is 2.10. The fraction of sp³-hybridized carbons (Fsp3) is 0.545. The average molecular weight is 222 g/mol. The van der Waals surface area contributed by atoms with Gasteiger partial charge in [-0.3, -0.25) is 9.78 Å². The van der Waals surface area contributed by atoms with Crippen LogP contribution in [0, 0.1) is 6.92 Å². The van der Waals surface area contributed by atoms with E-state index in [1.54, 1.807) is 12.4 Å². The molecule has 1 aromatic rings. The van der Waals surface area contributed by atoms with Crippen LogP contribution in [-0.2, 0) is 4.79 Å². The molecule has 0 atom stereocenters. The topological polar surface area (TPSA) is 66.9 Å². The molecule has 0 spiro atoms. The Morgan fingerprint density at radius 1 is 1.31 bits per heavy atom. The molecule has 0 aliphatic heterocycles. The summed E-state index contributed by atoms with van der Waals surface area (Å²) in [4.78, 5) is 19.5.